The maximum Gasteiger partial charge on any atom is 0.158 e. The van der Waals surface area contributed by atoms with Gasteiger partial charge in [0, 0.05) is 19.2 Å². The highest BCUT2D eigenvalue weighted by Gasteiger charge is 2.25. The zero-order valence-electron chi connectivity index (χ0n) is 9.71. The van der Waals surface area contributed by atoms with Crippen LogP contribution in [0.2, 0.25) is 0 Å². The molecule has 1 heterocycles. The maximum absolute atomic E-state index is 8.91. The summed E-state index contributed by atoms with van der Waals surface area (Å²) in [6.07, 6.45) is 7.48. The molecule has 0 atom stereocenters. The Kier molecular flexibility index (Phi) is 3.89. The second-order valence-electron chi connectivity index (χ2n) is 4.23. The standard InChI is InChI=1S/C12H16N4O/c13-7-10-8-15-12(9-14-10)16(5-2-6-17)11-3-1-4-11/h8-9,11,17H,1-6H2. The van der Waals surface area contributed by atoms with Crippen molar-refractivity contribution in [1.29, 1.82) is 5.26 Å². The number of aliphatic hydroxyl groups excluding tert-OH is 1. The first-order valence-electron chi connectivity index (χ1n) is 5.95. The number of nitriles is 1. The summed E-state index contributed by atoms with van der Waals surface area (Å²) in [4.78, 5) is 10.5. The molecule has 0 radical (unpaired) electrons. The van der Waals surface area contributed by atoms with Gasteiger partial charge in [0.05, 0.1) is 12.4 Å². The SMILES string of the molecule is N#Cc1cnc(N(CCCO)C2CCC2)cn1. The second-order valence-corrected chi connectivity index (χ2v) is 4.23. The number of hydrogen-bond acceptors (Lipinski definition) is 5. The van der Waals surface area contributed by atoms with Gasteiger partial charge in [0.2, 0.25) is 0 Å². The van der Waals surface area contributed by atoms with Crippen molar-refractivity contribution in [2.45, 2.75) is 31.7 Å². The molecule has 0 saturated heterocycles. The number of aliphatic hydroxyl groups is 1. The lowest BCUT2D eigenvalue weighted by Crippen LogP contribution is -2.41. The van der Waals surface area contributed by atoms with Crippen molar-refractivity contribution < 1.29 is 5.11 Å². The van der Waals surface area contributed by atoms with Crippen molar-refractivity contribution in [3.8, 4) is 6.07 Å². The summed E-state index contributed by atoms with van der Waals surface area (Å²) >= 11 is 0. The van der Waals surface area contributed by atoms with Gasteiger partial charge in [0.15, 0.2) is 5.69 Å². The van der Waals surface area contributed by atoms with E-state index in [1.54, 1.807) is 6.20 Å². The highest BCUT2D eigenvalue weighted by Crippen LogP contribution is 2.28. The van der Waals surface area contributed by atoms with Gasteiger partial charge in [-0.25, -0.2) is 9.97 Å². The van der Waals surface area contributed by atoms with Crippen LogP contribution in [-0.4, -0.2) is 34.3 Å². The molecule has 90 valence electrons. The van der Waals surface area contributed by atoms with Crippen LogP contribution in [-0.2, 0) is 0 Å². The minimum atomic E-state index is 0.187. The third-order valence-corrected chi connectivity index (χ3v) is 3.12. The molecule has 0 spiro atoms. The van der Waals surface area contributed by atoms with Gasteiger partial charge in [-0.05, 0) is 25.7 Å². The Balaban J connectivity index is 2.10. The molecular formula is C12H16N4O. The van der Waals surface area contributed by atoms with Gasteiger partial charge in [-0.2, -0.15) is 5.26 Å². The Morgan fingerprint density at radius 3 is 2.71 bits per heavy atom. The van der Waals surface area contributed by atoms with Gasteiger partial charge < -0.3 is 10.0 Å². The van der Waals surface area contributed by atoms with Crippen molar-refractivity contribution in [1.82, 2.24) is 9.97 Å². The quantitative estimate of drug-likeness (QED) is 0.822. The zero-order chi connectivity index (χ0) is 12.1. The Labute approximate surface area is 101 Å². The molecule has 0 aliphatic heterocycles. The highest BCUT2D eigenvalue weighted by molar-refractivity contribution is 5.39. The van der Waals surface area contributed by atoms with Crippen LogP contribution in [0, 0.1) is 11.3 Å². The third-order valence-electron chi connectivity index (χ3n) is 3.12. The van der Waals surface area contributed by atoms with Gasteiger partial charge in [0.25, 0.3) is 0 Å². The Hall–Kier alpha value is -1.67. The normalized spacial score (nSPS) is 15.1. The molecule has 1 aliphatic carbocycles. The summed E-state index contributed by atoms with van der Waals surface area (Å²) in [5.41, 5.74) is 0.337. The molecule has 5 heteroatoms. The number of aromatic nitrogens is 2. The average molecular weight is 232 g/mol. The van der Waals surface area contributed by atoms with Crippen LogP contribution in [0.4, 0.5) is 5.82 Å². The molecule has 5 nitrogen and oxygen atoms in total. The average Bonchev–Trinajstić information content (AvgIpc) is 2.32. The summed E-state index contributed by atoms with van der Waals surface area (Å²) in [5, 5.41) is 17.6. The summed E-state index contributed by atoms with van der Waals surface area (Å²) in [6.45, 7) is 0.981. The van der Waals surface area contributed by atoms with Crippen LogP contribution in [0.1, 0.15) is 31.4 Å². The minimum Gasteiger partial charge on any atom is -0.396 e. The van der Waals surface area contributed by atoms with E-state index in [1.807, 2.05) is 6.07 Å². The molecule has 1 aromatic rings. The largest absolute Gasteiger partial charge is 0.396 e. The first kappa shape index (κ1) is 11.8. The van der Waals surface area contributed by atoms with Gasteiger partial charge in [-0.15, -0.1) is 0 Å². The van der Waals surface area contributed by atoms with Crippen LogP contribution in [0.3, 0.4) is 0 Å². The van der Waals surface area contributed by atoms with E-state index in [0.717, 1.165) is 18.8 Å². The Morgan fingerprint density at radius 1 is 1.41 bits per heavy atom. The van der Waals surface area contributed by atoms with E-state index in [-0.39, 0.29) is 6.61 Å². The molecule has 0 bridgehead atoms. The molecule has 1 fully saturated rings. The minimum absolute atomic E-state index is 0.187. The fourth-order valence-electron chi connectivity index (χ4n) is 1.95. The molecule has 0 unspecified atom stereocenters. The molecular weight excluding hydrogens is 216 g/mol. The first-order valence-corrected chi connectivity index (χ1v) is 5.95. The Morgan fingerprint density at radius 2 is 2.24 bits per heavy atom. The first-order chi connectivity index (χ1) is 8.35. The topological polar surface area (TPSA) is 73.0 Å². The fraction of sp³-hybridized carbons (Fsp3) is 0.583. The molecule has 1 saturated carbocycles. The monoisotopic (exact) mass is 232 g/mol. The van der Waals surface area contributed by atoms with Gasteiger partial charge >= 0.3 is 0 Å². The van der Waals surface area contributed by atoms with Crippen LogP contribution in [0.5, 0.6) is 0 Å². The number of nitrogens with zero attached hydrogens (tertiary/aromatic N) is 4. The smallest absolute Gasteiger partial charge is 0.158 e. The Bertz CT molecular complexity index is 394. The second kappa shape index (κ2) is 5.60. The molecule has 1 aromatic heterocycles. The summed E-state index contributed by atoms with van der Waals surface area (Å²) < 4.78 is 0. The van der Waals surface area contributed by atoms with Crippen molar-refractivity contribution >= 4 is 5.82 Å². The predicted molar refractivity (Wildman–Crippen MR) is 63.4 cm³/mol. The van der Waals surface area contributed by atoms with E-state index < -0.39 is 0 Å². The number of rotatable bonds is 5. The van der Waals surface area contributed by atoms with Gasteiger partial charge in [-0.1, -0.05) is 0 Å². The summed E-state index contributed by atoms with van der Waals surface area (Å²) in [6, 6.07) is 2.48. The van der Waals surface area contributed by atoms with Crippen molar-refractivity contribution in [2.24, 2.45) is 0 Å². The zero-order valence-corrected chi connectivity index (χ0v) is 9.71. The lowest BCUT2D eigenvalue weighted by atomic mass is 9.91. The van der Waals surface area contributed by atoms with Crippen LogP contribution in [0.15, 0.2) is 12.4 Å². The molecule has 17 heavy (non-hydrogen) atoms. The highest BCUT2D eigenvalue weighted by atomic mass is 16.3. The van der Waals surface area contributed by atoms with Gasteiger partial charge in [0.1, 0.15) is 11.9 Å². The van der Waals surface area contributed by atoms with E-state index in [0.29, 0.717) is 11.7 Å². The number of hydrogen-bond donors (Lipinski definition) is 1. The van der Waals surface area contributed by atoms with Crippen LogP contribution >= 0.6 is 0 Å². The van der Waals surface area contributed by atoms with Crippen molar-refractivity contribution in [2.75, 3.05) is 18.1 Å². The third kappa shape index (κ3) is 2.71. The lowest BCUT2D eigenvalue weighted by molar-refractivity contribution is 0.282. The number of anilines is 1. The van der Waals surface area contributed by atoms with Crippen molar-refractivity contribution in [3.63, 3.8) is 0 Å². The summed E-state index contributed by atoms with van der Waals surface area (Å²) in [5.74, 6) is 0.808. The van der Waals surface area contributed by atoms with Gasteiger partial charge in [-0.3, -0.25) is 0 Å². The predicted octanol–water partition coefficient (Wildman–Crippen LogP) is 1.09. The molecule has 2 rings (SSSR count). The van der Waals surface area contributed by atoms with E-state index in [4.69, 9.17) is 10.4 Å². The van der Waals surface area contributed by atoms with Crippen LogP contribution in [0.25, 0.3) is 0 Å². The van der Waals surface area contributed by atoms with Crippen molar-refractivity contribution in [3.05, 3.63) is 18.1 Å². The van der Waals surface area contributed by atoms with E-state index in [2.05, 4.69) is 14.9 Å². The van der Waals surface area contributed by atoms with E-state index >= 15 is 0 Å². The maximum atomic E-state index is 8.91. The van der Waals surface area contributed by atoms with E-state index in [9.17, 15) is 0 Å². The molecule has 0 aromatic carbocycles. The van der Waals surface area contributed by atoms with E-state index in [1.165, 1.54) is 25.5 Å². The molecule has 1 aliphatic rings. The van der Waals surface area contributed by atoms with Crippen LogP contribution < -0.4 is 4.90 Å². The lowest BCUT2D eigenvalue weighted by Gasteiger charge is -2.38. The fourth-order valence-corrected chi connectivity index (χ4v) is 1.95. The molecule has 1 N–H and O–H groups in total. The summed E-state index contributed by atoms with van der Waals surface area (Å²) in [7, 11) is 0. The molecule has 0 amide bonds.